The number of allylic oxidation sites excluding steroid dienone is 1. The maximum absolute atomic E-state index is 14.0. The number of benzene rings is 2. The van der Waals surface area contributed by atoms with Gasteiger partial charge in [0.15, 0.2) is 0 Å². The van der Waals surface area contributed by atoms with Gasteiger partial charge in [-0.15, -0.1) is 0 Å². The number of amides is 2. The highest BCUT2D eigenvalue weighted by molar-refractivity contribution is 6.01. The van der Waals surface area contributed by atoms with Crippen LogP contribution in [-0.2, 0) is 17.9 Å². The summed E-state index contributed by atoms with van der Waals surface area (Å²) < 4.78 is 33.6. The zero-order valence-corrected chi connectivity index (χ0v) is 19.5. The summed E-state index contributed by atoms with van der Waals surface area (Å²) in [6, 6.07) is 8.61. The molecule has 3 unspecified atom stereocenters. The molecule has 0 aromatic heterocycles. The molecule has 3 atom stereocenters. The van der Waals surface area contributed by atoms with Crippen LogP contribution in [0.2, 0.25) is 0 Å². The van der Waals surface area contributed by atoms with Crippen LogP contribution in [-0.4, -0.2) is 34.9 Å². The molecule has 8 heteroatoms. The minimum atomic E-state index is -0.589. The highest BCUT2D eigenvalue weighted by atomic mass is 19.1. The van der Waals surface area contributed by atoms with Gasteiger partial charge in [0.25, 0.3) is 5.91 Å². The van der Waals surface area contributed by atoms with Gasteiger partial charge in [-0.1, -0.05) is 19.1 Å². The van der Waals surface area contributed by atoms with Crippen molar-refractivity contribution in [2.45, 2.75) is 69.8 Å². The average molecular weight is 482 g/mol. The molecule has 0 radical (unpaired) electrons. The van der Waals surface area contributed by atoms with Crippen LogP contribution >= 0.6 is 0 Å². The lowest BCUT2D eigenvalue weighted by Gasteiger charge is -2.33. The Morgan fingerprint density at radius 1 is 1.09 bits per heavy atom. The van der Waals surface area contributed by atoms with Gasteiger partial charge in [-0.2, -0.15) is 0 Å². The van der Waals surface area contributed by atoms with Crippen molar-refractivity contribution in [1.29, 1.82) is 0 Å². The molecule has 6 nitrogen and oxygen atoms in total. The van der Waals surface area contributed by atoms with Gasteiger partial charge in [0, 0.05) is 42.0 Å². The Bertz CT molecular complexity index is 1170. The molecule has 2 N–H and O–H groups in total. The Morgan fingerprint density at radius 2 is 1.91 bits per heavy atom. The van der Waals surface area contributed by atoms with Crippen LogP contribution < -0.4 is 15.4 Å². The fraction of sp³-hybridized carbons (Fsp3) is 0.407. The minimum absolute atomic E-state index is 0.0265. The largest absolute Gasteiger partial charge is 0.489 e. The van der Waals surface area contributed by atoms with E-state index in [2.05, 4.69) is 17.2 Å². The highest BCUT2D eigenvalue weighted by Crippen LogP contribution is 2.32. The van der Waals surface area contributed by atoms with Crippen LogP contribution in [0.5, 0.6) is 5.75 Å². The number of nitrogens with zero attached hydrogens (tertiary/aromatic N) is 1. The maximum Gasteiger partial charge on any atom is 0.255 e. The monoisotopic (exact) mass is 481 g/mol. The first-order chi connectivity index (χ1) is 16.9. The topological polar surface area (TPSA) is 70.7 Å². The van der Waals surface area contributed by atoms with E-state index in [4.69, 9.17) is 4.74 Å². The van der Waals surface area contributed by atoms with E-state index in [1.807, 2.05) is 6.07 Å². The molecular formula is C27H29F2N3O3. The summed E-state index contributed by atoms with van der Waals surface area (Å²) in [6.45, 7) is 4.46. The van der Waals surface area contributed by atoms with E-state index in [1.54, 1.807) is 17.0 Å². The van der Waals surface area contributed by atoms with Crippen molar-refractivity contribution in [3.8, 4) is 5.75 Å². The van der Waals surface area contributed by atoms with E-state index in [9.17, 15) is 18.4 Å². The van der Waals surface area contributed by atoms with Gasteiger partial charge in [-0.25, -0.2) is 8.78 Å². The van der Waals surface area contributed by atoms with Crippen molar-refractivity contribution in [2.75, 3.05) is 0 Å². The molecule has 1 aliphatic carbocycles. The van der Waals surface area contributed by atoms with E-state index >= 15 is 0 Å². The fourth-order valence-electron chi connectivity index (χ4n) is 5.26. The first kappa shape index (κ1) is 23.5. The van der Waals surface area contributed by atoms with Gasteiger partial charge in [-0.3, -0.25) is 9.59 Å². The quantitative estimate of drug-likeness (QED) is 0.649. The minimum Gasteiger partial charge on any atom is -0.489 e. The summed E-state index contributed by atoms with van der Waals surface area (Å²) >= 11 is 0. The number of nitrogens with one attached hydrogen (secondary N) is 2. The first-order valence-electron chi connectivity index (χ1n) is 12.2. The molecule has 35 heavy (non-hydrogen) atoms. The molecule has 2 fully saturated rings. The van der Waals surface area contributed by atoms with Gasteiger partial charge in [-0.05, 0) is 61.9 Å². The van der Waals surface area contributed by atoms with Gasteiger partial charge < -0.3 is 20.3 Å². The van der Waals surface area contributed by atoms with E-state index in [0.29, 0.717) is 48.5 Å². The third-order valence-corrected chi connectivity index (χ3v) is 7.17. The van der Waals surface area contributed by atoms with E-state index < -0.39 is 17.7 Å². The Morgan fingerprint density at radius 3 is 2.71 bits per heavy atom. The number of piperidine rings is 1. The van der Waals surface area contributed by atoms with Crippen LogP contribution in [0.3, 0.4) is 0 Å². The van der Waals surface area contributed by atoms with Crippen LogP contribution in [0.15, 0.2) is 48.7 Å². The molecule has 2 amide bonds. The molecule has 2 aliphatic heterocycles. The number of fused-ring (bicyclic) bond motifs is 1. The lowest BCUT2D eigenvalue weighted by atomic mass is 9.92. The summed E-state index contributed by atoms with van der Waals surface area (Å²) in [5.74, 6) is -0.806. The number of ether oxygens (including phenoxy) is 1. The summed E-state index contributed by atoms with van der Waals surface area (Å²) in [6.07, 6.45) is 4.96. The molecule has 2 aromatic carbocycles. The van der Waals surface area contributed by atoms with E-state index in [0.717, 1.165) is 37.3 Å². The Hall–Kier alpha value is -3.26. The second-order valence-corrected chi connectivity index (χ2v) is 9.56. The molecule has 1 saturated heterocycles. The van der Waals surface area contributed by atoms with Crippen molar-refractivity contribution in [2.24, 2.45) is 0 Å². The van der Waals surface area contributed by atoms with Crippen molar-refractivity contribution < 1.29 is 23.1 Å². The van der Waals surface area contributed by atoms with Crippen molar-refractivity contribution in [3.05, 3.63) is 77.0 Å². The number of rotatable bonds is 6. The summed E-state index contributed by atoms with van der Waals surface area (Å²) in [5, 5.41) is 6.14. The number of hydrogen-bond donors (Lipinski definition) is 2. The van der Waals surface area contributed by atoms with Crippen LogP contribution in [0.1, 0.15) is 60.0 Å². The number of hydrogen-bond acceptors (Lipinski definition) is 4. The second-order valence-electron chi connectivity index (χ2n) is 9.56. The van der Waals surface area contributed by atoms with Crippen LogP contribution in [0, 0.1) is 11.6 Å². The molecule has 5 rings (SSSR count). The first-order valence-corrected chi connectivity index (χ1v) is 12.2. The Balaban J connectivity index is 1.25. The van der Waals surface area contributed by atoms with E-state index in [-0.39, 0.29) is 24.0 Å². The molecule has 0 bridgehead atoms. The third-order valence-electron chi connectivity index (χ3n) is 7.17. The smallest absolute Gasteiger partial charge is 0.255 e. The summed E-state index contributed by atoms with van der Waals surface area (Å²) in [5.41, 5.74) is 2.55. The lowest BCUT2D eigenvalue weighted by Crippen LogP contribution is -2.49. The zero-order valence-electron chi connectivity index (χ0n) is 19.5. The average Bonchev–Trinajstić information content (AvgIpc) is 3.15. The van der Waals surface area contributed by atoms with Crippen molar-refractivity contribution >= 4 is 11.8 Å². The zero-order chi connectivity index (χ0) is 24.5. The molecule has 184 valence electrons. The number of halogens is 2. The van der Waals surface area contributed by atoms with E-state index in [1.165, 1.54) is 12.1 Å². The number of carbonyl (C=O) groups is 2. The molecule has 3 aliphatic rings. The number of carbonyl (C=O) groups excluding carboxylic acids is 2. The third kappa shape index (κ3) is 4.93. The van der Waals surface area contributed by atoms with Crippen LogP contribution in [0.25, 0.3) is 0 Å². The molecular weight excluding hydrogens is 452 g/mol. The van der Waals surface area contributed by atoms with Gasteiger partial charge >= 0.3 is 0 Å². The van der Waals surface area contributed by atoms with Gasteiger partial charge in [0.05, 0.1) is 0 Å². The van der Waals surface area contributed by atoms with Gasteiger partial charge in [0.1, 0.15) is 29.5 Å². The summed E-state index contributed by atoms with van der Waals surface area (Å²) in [7, 11) is 0. The lowest BCUT2D eigenvalue weighted by molar-refractivity contribution is -0.126. The highest BCUT2D eigenvalue weighted by Gasteiger charge is 2.38. The SMILES string of the molecule is C=C1CCC(N2Cc3cc(OC4CCCCC4NCc4ccc(F)cc4F)ccc3C2=O)C(=O)N1. The normalized spacial score (nSPS) is 24.3. The predicted molar refractivity (Wildman–Crippen MR) is 126 cm³/mol. The van der Waals surface area contributed by atoms with Gasteiger partial charge in [0.2, 0.25) is 5.91 Å². The van der Waals surface area contributed by atoms with Crippen molar-refractivity contribution in [1.82, 2.24) is 15.5 Å². The summed E-state index contributed by atoms with van der Waals surface area (Å²) in [4.78, 5) is 27.0. The van der Waals surface area contributed by atoms with Crippen LogP contribution in [0.4, 0.5) is 8.78 Å². The second kappa shape index (κ2) is 9.77. The molecule has 2 aromatic rings. The maximum atomic E-state index is 14.0. The fourth-order valence-corrected chi connectivity index (χ4v) is 5.26. The Kier molecular flexibility index (Phi) is 6.56. The Labute approximate surface area is 203 Å². The molecule has 2 heterocycles. The molecule has 1 saturated carbocycles. The predicted octanol–water partition coefficient (Wildman–Crippen LogP) is 4.19. The molecule has 0 spiro atoms. The van der Waals surface area contributed by atoms with Crippen molar-refractivity contribution in [3.63, 3.8) is 0 Å². The standard InChI is InChI=1S/C27H29F2N3O3/c1-16-6-11-24(26(33)31-16)32-15-18-12-20(9-10-21(18)27(32)34)35-25-5-3-2-4-23(25)30-14-17-7-8-19(28)13-22(17)29/h7-10,12-13,23-25,30H,1-6,11,14-15H2,(H,31,33).